The summed E-state index contributed by atoms with van der Waals surface area (Å²) in [5, 5.41) is 6.63. The average Bonchev–Trinajstić information content (AvgIpc) is 1.69. The summed E-state index contributed by atoms with van der Waals surface area (Å²) in [6.45, 7) is 28.0. The molecule has 134 heavy (non-hydrogen) atoms. The molecule has 4 aliphatic rings. The van der Waals surface area contributed by atoms with Crippen molar-refractivity contribution in [2.45, 2.75) is 101 Å². The molecule has 12 aromatic carbocycles. The standard InChI is InChI=1S/2C21H23N2.C20H15N3.C19H16N4.C17H12N4.C12H10N4.2CH4.3Ir/c2*1-15(2)18-11-8-12-19(16(3)4)20(18)23-14-13-22-21(23)17-9-6-5-7-10-17;1-4-10-17(11-5-1)20-21-23(19-14-8-3-9-15-19)16-22(20)18-12-6-2-7-13-18;1-14-8-6-7-11-16(14)18-20-12-17-19(21-18)22(2)13-23(17)15-9-4-3-5-10-15;1-3-7-14(8-4-1)20-13-21(15-9-5-2-6-10-15)17-16(20)18-11-12-19-17;1-15-9-16(10-5-3-2-4-6-10)12-11(15)13-7-8-14-12;;;;;/h2*5-9,11-16H,1-4H3;1-14,16H;3-9,11-13H,1-2H3;1-9,11-13H;2-5,7-9H,1H3;2*1H4;;;/q2*-1;4*-2;;;;2*+3. The van der Waals surface area contributed by atoms with Crippen LogP contribution in [0.3, 0.4) is 0 Å². The molecule has 0 fully saturated rings. The molecule has 22 heteroatoms. The third-order valence-corrected chi connectivity index (χ3v) is 21.8. The minimum Gasteiger partial charge on any atom is -0.491 e. The topological polar surface area (TPSA) is 151 Å². The van der Waals surface area contributed by atoms with E-state index in [0.717, 1.165) is 114 Å². The van der Waals surface area contributed by atoms with E-state index in [4.69, 9.17) is 10.1 Å². The van der Waals surface area contributed by atoms with Crippen LogP contribution in [0.25, 0.3) is 45.5 Å². The summed E-state index contributed by atoms with van der Waals surface area (Å²) in [7, 11) is 3.95. The fourth-order valence-electron chi connectivity index (χ4n) is 15.4. The van der Waals surface area contributed by atoms with Crippen LogP contribution in [0.4, 0.5) is 68.9 Å². The van der Waals surface area contributed by atoms with Crippen molar-refractivity contribution in [1.29, 1.82) is 0 Å². The summed E-state index contributed by atoms with van der Waals surface area (Å²) in [4.78, 5) is 50.2. The SMILES string of the molecule is C.C.CC(C)c1cccc(C(C)C)c1-n1ccnc1-c1[c-]cccc1.CC(C)c1cccc(C(C)C)c1-n1ccnc1-c1[c-]cccc1.CN1[CH-]N(c2[c-]cccc2)c2nccnc21.Cc1ccccc1-c1ncc2c(n1)N(C)[CH-]N2c1[c-]cccc1.[Ir+3].[Ir+3].[Ir].[c-]1ccccc1N1[CH-]N(c2ccccc2)C(c2ccccc2)=N1.[c-]1ccccc1N1[CH-]N(c2ccccc2)c2nccnc21. The number of hydrogen-bond acceptors (Lipinski definition) is 17. The van der Waals surface area contributed by atoms with Crippen molar-refractivity contribution in [3.05, 3.63) is 449 Å². The number of para-hydroxylation sites is 8. The second-order valence-electron chi connectivity index (χ2n) is 31.9. The molecule has 681 valence electrons. The number of rotatable bonds is 16. The zero-order valence-corrected chi connectivity index (χ0v) is 82.3. The predicted molar refractivity (Wildman–Crippen MR) is 536 cm³/mol. The van der Waals surface area contributed by atoms with Crippen LogP contribution in [-0.2, 0) is 60.3 Å². The van der Waals surface area contributed by atoms with Crippen LogP contribution >= 0.6 is 0 Å². The molecule has 0 unspecified atom stereocenters. The fourth-order valence-corrected chi connectivity index (χ4v) is 15.4. The van der Waals surface area contributed by atoms with Gasteiger partial charge in [-0.25, -0.2) is 29.9 Å². The first-order valence-electron chi connectivity index (χ1n) is 43.2. The number of nitrogens with zero attached hydrogens (tertiary/aromatic N) is 19. The number of imidazole rings is 2. The zero-order valence-electron chi connectivity index (χ0n) is 75.1. The first kappa shape index (κ1) is 101. The van der Waals surface area contributed by atoms with E-state index in [-0.39, 0.29) is 75.2 Å². The molecule has 1 radical (unpaired) electrons. The van der Waals surface area contributed by atoms with E-state index in [1.807, 2.05) is 301 Å². The van der Waals surface area contributed by atoms with Gasteiger partial charge >= 0.3 is 40.2 Å². The van der Waals surface area contributed by atoms with Crippen LogP contribution in [0.15, 0.2) is 358 Å². The Morgan fingerprint density at radius 2 is 0.694 bits per heavy atom. The number of benzene rings is 12. The maximum atomic E-state index is 4.78. The minimum absolute atomic E-state index is 0. The molecule has 17 aromatic rings. The third-order valence-electron chi connectivity index (χ3n) is 21.8. The molecule has 9 heterocycles. The summed E-state index contributed by atoms with van der Waals surface area (Å²) in [6.07, 6.45) is 16.5. The second-order valence-corrected chi connectivity index (χ2v) is 31.9. The molecule has 21 rings (SSSR count). The molecule has 0 N–H and O–H groups in total. The van der Waals surface area contributed by atoms with Crippen molar-refractivity contribution in [3.63, 3.8) is 0 Å². The number of amidine groups is 1. The summed E-state index contributed by atoms with van der Waals surface area (Å²) in [5.74, 6) is 9.60. The summed E-state index contributed by atoms with van der Waals surface area (Å²) >= 11 is 0. The first-order valence-corrected chi connectivity index (χ1v) is 43.2. The number of fused-ring (bicyclic) bond motifs is 3. The van der Waals surface area contributed by atoms with Gasteiger partial charge in [0.1, 0.15) is 34.9 Å². The van der Waals surface area contributed by atoms with Crippen molar-refractivity contribution in [2.24, 2.45) is 5.10 Å². The predicted octanol–water partition coefficient (Wildman–Crippen LogP) is 26.4. The van der Waals surface area contributed by atoms with Crippen LogP contribution in [-0.4, -0.2) is 68.9 Å². The molecule has 4 aliphatic heterocycles. The first-order chi connectivity index (χ1) is 63.1. The van der Waals surface area contributed by atoms with Crippen molar-refractivity contribution in [2.75, 3.05) is 53.4 Å². The quantitative estimate of drug-likeness (QED) is 0.0843. The van der Waals surface area contributed by atoms with E-state index in [9.17, 15) is 0 Å². The van der Waals surface area contributed by atoms with Crippen molar-refractivity contribution >= 4 is 74.7 Å². The van der Waals surface area contributed by atoms with E-state index in [1.54, 1.807) is 24.8 Å². The molecule has 0 saturated heterocycles. The van der Waals surface area contributed by atoms with Crippen LogP contribution in [0.1, 0.15) is 127 Å². The van der Waals surface area contributed by atoms with Gasteiger partial charge in [0, 0.05) is 104 Å². The Morgan fingerprint density at radius 1 is 0.321 bits per heavy atom. The van der Waals surface area contributed by atoms with Gasteiger partial charge in [0.15, 0.2) is 5.82 Å². The maximum absolute atomic E-state index is 4.78. The van der Waals surface area contributed by atoms with Crippen molar-refractivity contribution in [1.82, 2.24) is 49.0 Å². The van der Waals surface area contributed by atoms with E-state index >= 15 is 0 Å². The Hall–Kier alpha value is -13.7. The number of aromatic nitrogens is 10. The van der Waals surface area contributed by atoms with Crippen LogP contribution < -0.4 is 39.3 Å². The number of hydrazone groups is 1. The van der Waals surface area contributed by atoms with Gasteiger partial charge in [-0.1, -0.05) is 203 Å². The van der Waals surface area contributed by atoms with Crippen LogP contribution in [0.2, 0.25) is 0 Å². The number of anilines is 12. The van der Waals surface area contributed by atoms with Gasteiger partial charge in [-0.3, -0.25) is 9.97 Å². The summed E-state index contributed by atoms with van der Waals surface area (Å²) in [6, 6.07) is 119. The van der Waals surface area contributed by atoms with Gasteiger partial charge in [-0.15, -0.1) is 115 Å². The van der Waals surface area contributed by atoms with Gasteiger partial charge in [-0.2, -0.15) is 127 Å². The molecule has 0 spiro atoms. The Balaban J connectivity index is 0.000000154. The van der Waals surface area contributed by atoms with Gasteiger partial charge in [0.2, 0.25) is 0 Å². The summed E-state index contributed by atoms with van der Waals surface area (Å²) < 4.78 is 4.44. The third kappa shape index (κ3) is 23.3. The Kier molecular flexibility index (Phi) is 36.2. The van der Waals surface area contributed by atoms with E-state index in [1.165, 1.54) is 39.2 Å². The van der Waals surface area contributed by atoms with E-state index < -0.39 is 0 Å². The Bertz CT molecular complexity index is 6250. The van der Waals surface area contributed by atoms with Crippen LogP contribution in [0, 0.1) is 70.0 Å². The second kappa shape index (κ2) is 48.1. The Labute approximate surface area is 831 Å². The van der Waals surface area contributed by atoms with E-state index in [2.05, 4.69) is 250 Å². The molecule has 0 atom stereocenters. The van der Waals surface area contributed by atoms with Crippen LogP contribution in [0.5, 0.6) is 0 Å². The monoisotopic (exact) mass is 2300 g/mol. The van der Waals surface area contributed by atoms with Crippen molar-refractivity contribution in [3.8, 4) is 45.5 Å². The molecule has 0 saturated carbocycles. The fraction of sp³-hybridized carbons (Fsp3) is 0.152. The molecule has 0 amide bonds. The minimum atomic E-state index is 0. The van der Waals surface area contributed by atoms with Gasteiger partial charge in [0.05, 0.1) is 23.5 Å². The molecular formula is C112H107Ir3N19-4. The summed E-state index contributed by atoms with van der Waals surface area (Å²) in [5.41, 5.74) is 20.2. The largest absolute Gasteiger partial charge is 3.00 e. The van der Waals surface area contributed by atoms with E-state index in [0.29, 0.717) is 23.7 Å². The zero-order chi connectivity index (χ0) is 89.1. The molecule has 0 bridgehead atoms. The molecule has 0 aliphatic carbocycles. The molecule has 5 aromatic heterocycles. The van der Waals surface area contributed by atoms with Gasteiger partial charge in [-0.05, 0) is 96.8 Å². The molecule has 19 nitrogen and oxygen atoms in total. The van der Waals surface area contributed by atoms with Gasteiger partial charge in [0.25, 0.3) is 0 Å². The smallest absolute Gasteiger partial charge is 0.491 e. The molecular weight excluding hydrogens is 2190 g/mol. The number of aryl methyl sites for hydroxylation is 1. The maximum Gasteiger partial charge on any atom is 3.00 e. The normalized spacial score (nSPS) is 12.4. The average molecular weight is 2300 g/mol. The Morgan fingerprint density at radius 3 is 1.13 bits per heavy atom. The van der Waals surface area contributed by atoms with Gasteiger partial charge < -0.3 is 48.4 Å². The number of hydrogen-bond donors (Lipinski definition) is 0. The van der Waals surface area contributed by atoms with Crippen molar-refractivity contribution < 1.29 is 60.3 Å².